The van der Waals surface area contributed by atoms with Gasteiger partial charge < -0.3 is 4.84 Å². The first kappa shape index (κ1) is 14.7. The Morgan fingerprint density at radius 2 is 1.65 bits per heavy atom. The van der Waals surface area contributed by atoms with Gasteiger partial charge in [-0.15, -0.1) is 0 Å². The van der Waals surface area contributed by atoms with Gasteiger partial charge >= 0.3 is 0 Å². The first-order chi connectivity index (χ1) is 11.4. The number of para-hydroxylation sites is 1. The molecular formula is C19H14NOS2. The number of nitrogens with zero attached hydrogens (tertiary/aromatic N) is 1. The van der Waals surface area contributed by atoms with Crippen molar-refractivity contribution < 1.29 is 4.84 Å². The minimum atomic E-state index is 0.805. The molecule has 0 spiro atoms. The van der Waals surface area contributed by atoms with Crippen LogP contribution in [0.2, 0.25) is 0 Å². The molecule has 0 fully saturated rings. The van der Waals surface area contributed by atoms with Crippen LogP contribution in [-0.4, -0.2) is 6.21 Å². The van der Waals surface area contributed by atoms with E-state index in [9.17, 15) is 0 Å². The van der Waals surface area contributed by atoms with Crippen molar-refractivity contribution >= 4 is 27.8 Å². The van der Waals surface area contributed by atoms with Crippen LogP contribution in [0.1, 0.15) is 11.1 Å². The van der Waals surface area contributed by atoms with Crippen molar-refractivity contribution in [1.29, 1.82) is 0 Å². The molecule has 0 unspecified atom stereocenters. The second-order valence-corrected chi connectivity index (χ2v) is 7.48. The smallest absolute Gasteiger partial charge is 0.161 e. The standard InChI is InChI=1S/C19H14NOS2/c1-3-7-17-14(5-1)9-10-16(13-20-21-17)19-12-11-15-6-2-4-8-18(15)22-23-19/h1-8,10,12H,9,11H2/b16-10+,20-13?. The zero-order chi connectivity index (χ0) is 15.5. The predicted octanol–water partition coefficient (Wildman–Crippen LogP) is 5.29. The first-order valence-electron chi connectivity index (χ1n) is 7.44. The molecule has 23 heavy (non-hydrogen) atoms. The van der Waals surface area contributed by atoms with Crippen LogP contribution in [0.4, 0.5) is 0 Å². The van der Waals surface area contributed by atoms with Gasteiger partial charge in [-0.2, -0.15) is 0 Å². The summed E-state index contributed by atoms with van der Waals surface area (Å²) in [6.07, 6.45) is 9.24. The van der Waals surface area contributed by atoms with Crippen LogP contribution in [0.15, 0.2) is 81.2 Å². The van der Waals surface area contributed by atoms with Gasteiger partial charge in [-0.1, -0.05) is 75.3 Å². The summed E-state index contributed by atoms with van der Waals surface area (Å²) < 4.78 is 0. The molecule has 0 saturated heterocycles. The Morgan fingerprint density at radius 1 is 0.870 bits per heavy atom. The van der Waals surface area contributed by atoms with Crippen molar-refractivity contribution in [2.75, 3.05) is 0 Å². The van der Waals surface area contributed by atoms with Crippen LogP contribution >= 0.6 is 21.6 Å². The van der Waals surface area contributed by atoms with Crippen LogP contribution in [0.5, 0.6) is 5.75 Å². The lowest BCUT2D eigenvalue weighted by molar-refractivity contribution is 0.340. The third kappa shape index (κ3) is 3.23. The van der Waals surface area contributed by atoms with Crippen molar-refractivity contribution in [3.8, 4) is 5.75 Å². The summed E-state index contributed by atoms with van der Waals surface area (Å²) in [4.78, 5) is 7.99. The lowest BCUT2D eigenvalue weighted by atomic mass is 10.1. The lowest BCUT2D eigenvalue weighted by Crippen LogP contribution is -1.98. The third-order valence-electron chi connectivity index (χ3n) is 3.78. The zero-order valence-corrected chi connectivity index (χ0v) is 14.0. The van der Waals surface area contributed by atoms with E-state index in [1.807, 2.05) is 18.2 Å². The Bertz CT molecular complexity index is 824. The summed E-state index contributed by atoms with van der Waals surface area (Å²) in [6.45, 7) is 0. The Labute approximate surface area is 143 Å². The Hall–Kier alpha value is -1.91. The van der Waals surface area contributed by atoms with Gasteiger partial charge in [0.1, 0.15) is 6.21 Å². The number of fused-ring (bicyclic) bond motifs is 2. The molecule has 4 heteroatoms. The average molecular weight is 336 g/mol. The van der Waals surface area contributed by atoms with Crippen LogP contribution in [-0.2, 0) is 12.8 Å². The number of allylic oxidation sites excluding steroid dienone is 3. The molecule has 113 valence electrons. The van der Waals surface area contributed by atoms with Crippen LogP contribution < -0.4 is 4.84 Å². The predicted molar refractivity (Wildman–Crippen MR) is 98.0 cm³/mol. The maximum Gasteiger partial charge on any atom is 0.161 e. The molecule has 4 rings (SSSR count). The number of hydrogen-bond donors (Lipinski definition) is 0. The van der Waals surface area contributed by atoms with Gasteiger partial charge in [0.2, 0.25) is 0 Å². The van der Waals surface area contributed by atoms with E-state index >= 15 is 0 Å². The number of hydrogen-bond acceptors (Lipinski definition) is 4. The summed E-state index contributed by atoms with van der Waals surface area (Å²) in [6, 6.07) is 16.5. The van der Waals surface area contributed by atoms with Crippen LogP contribution in [0.25, 0.3) is 0 Å². The Balaban J connectivity index is 1.60. The molecule has 2 aliphatic rings. The van der Waals surface area contributed by atoms with E-state index in [4.69, 9.17) is 4.84 Å². The average Bonchev–Trinajstić information content (AvgIpc) is 2.79. The Morgan fingerprint density at radius 3 is 2.61 bits per heavy atom. The highest BCUT2D eigenvalue weighted by atomic mass is 33.1. The second kappa shape index (κ2) is 6.69. The van der Waals surface area contributed by atoms with Crippen molar-refractivity contribution in [3.05, 3.63) is 82.3 Å². The minimum Gasteiger partial charge on any atom is -0.356 e. The summed E-state index contributed by atoms with van der Waals surface area (Å²) >= 11 is 0. The molecule has 2 heterocycles. The largest absolute Gasteiger partial charge is 0.356 e. The monoisotopic (exact) mass is 336 g/mol. The van der Waals surface area contributed by atoms with Crippen molar-refractivity contribution in [2.45, 2.75) is 17.7 Å². The van der Waals surface area contributed by atoms with Gasteiger partial charge in [0.15, 0.2) is 5.75 Å². The molecule has 0 saturated carbocycles. The van der Waals surface area contributed by atoms with E-state index < -0.39 is 0 Å². The molecule has 0 N–H and O–H groups in total. The van der Waals surface area contributed by atoms with Gasteiger partial charge in [-0.05, 0) is 30.5 Å². The maximum absolute atomic E-state index is 5.47. The highest BCUT2D eigenvalue weighted by Gasteiger charge is 2.14. The van der Waals surface area contributed by atoms with Crippen molar-refractivity contribution in [2.24, 2.45) is 5.16 Å². The first-order valence-corrected chi connectivity index (χ1v) is 9.59. The molecule has 2 aromatic rings. The molecular weight excluding hydrogens is 322 g/mol. The normalized spacial score (nSPS) is 20.3. The summed E-state index contributed by atoms with van der Waals surface area (Å²) in [7, 11) is 3.56. The number of benzene rings is 2. The fourth-order valence-electron chi connectivity index (χ4n) is 2.53. The molecule has 1 radical (unpaired) electrons. The molecule has 2 nitrogen and oxygen atoms in total. The van der Waals surface area contributed by atoms with Gasteiger partial charge in [0.05, 0.1) is 0 Å². The van der Waals surface area contributed by atoms with Gasteiger partial charge in [-0.3, -0.25) is 0 Å². The topological polar surface area (TPSA) is 21.6 Å². The molecule has 0 bridgehead atoms. The van der Waals surface area contributed by atoms with E-state index in [0.717, 1.165) is 29.7 Å². The van der Waals surface area contributed by atoms with Gasteiger partial charge in [0.25, 0.3) is 0 Å². The molecule has 0 aromatic heterocycles. The maximum atomic E-state index is 5.47. The second-order valence-electron chi connectivity index (χ2n) is 5.27. The van der Waals surface area contributed by atoms with E-state index in [-0.39, 0.29) is 0 Å². The molecule has 0 atom stereocenters. The van der Waals surface area contributed by atoms with E-state index in [2.05, 4.69) is 53.9 Å². The molecule has 0 aliphatic carbocycles. The third-order valence-corrected chi connectivity index (χ3v) is 6.33. The fraction of sp³-hybridized carbons (Fsp3) is 0.105. The van der Waals surface area contributed by atoms with Gasteiger partial charge in [0, 0.05) is 20.9 Å². The van der Waals surface area contributed by atoms with Crippen LogP contribution in [0, 0.1) is 0 Å². The SMILES string of the molecule is [C]1=N\Oc2ccccc2C\C=C/1C1=CCc2ccccc2SS1. The molecule has 2 aromatic carbocycles. The van der Waals surface area contributed by atoms with E-state index in [1.54, 1.807) is 21.6 Å². The van der Waals surface area contributed by atoms with Gasteiger partial charge in [-0.25, -0.2) is 0 Å². The van der Waals surface area contributed by atoms with Crippen LogP contribution in [0.3, 0.4) is 0 Å². The quantitative estimate of drug-likeness (QED) is 0.660. The summed E-state index contributed by atoms with van der Waals surface area (Å²) in [5.41, 5.74) is 3.51. The summed E-state index contributed by atoms with van der Waals surface area (Å²) in [5, 5.41) is 4.03. The van der Waals surface area contributed by atoms with Crippen molar-refractivity contribution in [1.82, 2.24) is 0 Å². The molecule has 0 amide bonds. The summed E-state index contributed by atoms with van der Waals surface area (Å²) in [5.74, 6) is 0.805. The fourth-order valence-corrected chi connectivity index (χ4v) is 4.97. The van der Waals surface area contributed by atoms with E-state index in [1.165, 1.54) is 15.4 Å². The lowest BCUT2D eigenvalue weighted by Gasteiger charge is -2.10. The zero-order valence-electron chi connectivity index (χ0n) is 12.4. The van der Waals surface area contributed by atoms with E-state index in [0.29, 0.717) is 0 Å². The highest BCUT2D eigenvalue weighted by Crippen LogP contribution is 2.44. The Kier molecular flexibility index (Phi) is 4.26. The highest BCUT2D eigenvalue weighted by molar-refractivity contribution is 8.78. The number of rotatable bonds is 1. The molecule has 2 aliphatic heterocycles. The van der Waals surface area contributed by atoms with Crippen molar-refractivity contribution in [3.63, 3.8) is 0 Å². The minimum absolute atomic E-state index is 0.805.